The molecule has 0 aliphatic heterocycles. The summed E-state index contributed by atoms with van der Waals surface area (Å²) >= 11 is 0. The first kappa shape index (κ1) is 12.4. The number of carbonyl (C=O) groups is 1. The summed E-state index contributed by atoms with van der Waals surface area (Å²) in [6.45, 7) is 1.99. The van der Waals surface area contributed by atoms with Gasteiger partial charge in [0.1, 0.15) is 0 Å². The highest BCUT2D eigenvalue weighted by Gasteiger charge is 2.15. The Balaban J connectivity index is 1.95. The summed E-state index contributed by atoms with van der Waals surface area (Å²) in [4.78, 5) is 12.2. The van der Waals surface area contributed by atoms with Crippen molar-refractivity contribution < 1.29 is 9.47 Å². The van der Waals surface area contributed by atoms with Crippen molar-refractivity contribution in [2.24, 2.45) is 0 Å². The number of nitrogens with one attached hydrogen (secondary N) is 1. The minimum Gasteiger partial charge on any atom is -0.264 e. The fraction of sp³-hybridized carbons (Fsp3) is 0.0588. The molecule has 1 amide bonds. The number of carbonyl (C=O) groups excluding carboxylic acids is 1. The SMILES string of the molecule is Cc1c2ccccc2cc[n+]1NC(=O)c1ccccc1. The Morgan fingerprint density at radius 1 is 0.950 bits per heavy atom. The van der Waals surface area contributed by atoms with Crippen LogP contribution in [0.2, 0.25) is 0 Å². The van der Waals surface area contributed by atoms with Gasteiger partial charge in [-0.05, 0) is 23.6 Å². The summed E-state index contributed by atoms with van der Waals surface area (Å²) in [7, 11) is 0. The second-order valence-corrected chi connectivity index (χ2v) is 4.67. The summed E-state index contributed by atoms with van der Waals surface area (Å²) in [5.41, 5.74) is 4.55. The Bertz CT molecular complexity index is 766. The first-order valence-electron chi connectivity index (χ1n) is 6.52. The van der Waals surface area contributed by atoms with Gasteiger partial charge in [-0.3, -0.25) is 4.79 Å². The standard InChI is InChI=1S/C17H14N2O/c1-13-16-10-6-5-7-14(16)11-12-19(13)18-17(20)15-8-3-2-4-9-15/h2-12H,1H3/p+1. The Labute approximate surface area is 117 Å². The number of rotatable bonds is 2. The first-order chi connectivity index (χ1) is 9.75. The van der Waals surface area contributed by atoms with E-state index in [0.29, 0.717) is 5.56 Å². The minimum atomic E-state index is -0.117. The van der Waals surface area contributed by atoms with Crippen molar-refractivity contribution >= 4 is 16.7 Å². The lowest BCUT2D eigenvalue weighted by Crippen LogP contribution is -2.50. The van der Waals surface area contributed by atoms with Gasteiger partial charge in [0.05, 0.1) is 5.39 Å². The van der Waals surface area contributed by atoms with Crippen LogP contribution < -0.4 is 10.1 Å². The molecule has 1 N–H and O–H groups in total. The van der Waals surface area contributed by atoms with E-state index in [9.17, 15) is 4.79 Å². The van der Waals surface area contributed by atoms with E-state index < -0.39 is 0 Å². The summed E-state index contributed by atoms with van der Waals surface area (Å²) in [5.74, 6) is -0.117. The lowest BCUT2D eigenvalue weighted by atomic mass is 10.1. The van der Waals surface area contributed by atoms with Gasteiger partial charge in [0.15, 0.2) is 0 Å². The minimum absolute atomic E-state index is 0.117. The smallest absolute Gasteiger partial charge is 0.264 e. The lowest BCUT2D eigenvalue weighted by molar-refractivity contribution is -0.646. The van der Waals surface area contributed by atoms with Gasteiger partial charge in [0, 0.05) is 18.6 Å². The molecule has 20 heavy (non-hydrogen) atoms. The van der Waals surface area contributed by atoms with E-state index in [1.54, 1.807) is 16.8 Å². The molecule has 0 aliphatic rings. The van der Waals surface area contributed by atoms with Gasteiger partial charge in [-0.1, -0.05) is 41.1 Å². The van der Waals surface area contributed by atoms with E-state index in [1.165, 1.54) is 0 Å². The van der Waals surface area contributed by atoms with Crippen LogP contribution in [0.4, 0.5) is 0 Å². The molecule has 0 bridgehead atoms. The number of fused-ring (bicyclic) bond motifs is 1. The quantitative estimate of drug-likeness (QED) is 0.709. The Morgan fingerprint density at radius 2 is 1.65 bits per heavy atom. The molecule has 98 valence electrons. The zero-order valence-electron chi connectivity index (χ0n) is 11.2. The number of hydrogen-bond acceptors (Lipinski definition) is 1. The highest BCUT2D eigenvalue weighted by molar-refractivity contribution is 5.98. The molecule has 3 heteroatoms. The molecular formula is C17H15N2O+. The van der Waals surface area contributed by atoms with Gasteiger partial charge in [0.2, 0.25) is 11.9 Å². The van der Waals surface area contributed by atoms with Crippen molar-refractivity contribution in [1.82, 2.24) is 0 Å². The predicted octanol–water partition coefficient (Wildman–Crippen LogP) is 2.82. The molecule has 0 radical (unpaired) electrons. The number of amides is 1. The van der Waals surface area contributed by atoms with Crippen LogP contribution in [-0.2, 0) is 0 Å². The Kier molecular flexibility index (Phi) is 3.17. The van der Waals surface area contributed by atoms with Crippen LogP contribution in [0.3, 0.4) is 0 Å². The Hall–Kier alpha value is -2.68. The molecule has 0 spiro atoms. The number of pyridine rings is 1. The topological polar surface area (TPSA) is 33.0 Å². The number of nitrogens with zero attached hydrogens (tertiary/aromatic N) is 1. The van der Waals surface area contributed by atoms with Crippen molar-refractivity contribution in [3.63, 3.8) is 0 Å². The molecule has 0 fully saturated rings. The summed E-state index contributed by atoms with van der Waals surface area (Å²) in [6, 6.07) is 19.3. The van der Waals surface area contributed by atoms with Crippen LogP contribution in [0, 0.1) is 6.92 Å². The van der Waals surface area contributed by atoms with Gasteiger partial charge in [-0.15, -0.1) is 5.43 Å². The monoisotopic (exact) mass is 263 g/mol. The molecule has 1 aromatic heterocycles. The largest absolute Gasteiger partial charge is 0.305 e. The second kappa shape index (κ2) is 5.13. The van der Waals surface area contributed by atoms with Crippen molar-refractivity contribution in [3.8, 4) is 0 Å². The highest BCUT2D eigenvalue weighted by Crippen LogP contribution is 2.13. The van der Waals surface area contributed by atoms with E-state index in [4.69, 9.17) is 0 Å². The fourth-order valence-electron chi connectivity index (χ4n) is 2.25. The molecule has 3 aromatic rings. The predicted molar refractivity (Wildman–Crippen MR) is 79.0 cm³/mol. The van der Waals surface area contributed by atoms with E-state index >= 15 is 0 Å². The number of aryl methyl sites for hydroxylation is 1. The average molecular weight is 263 g/mol. The summed E-state index contributed by atoms with van der Waals surface area (Å²) < 4.78 is 1.76. The third-order valence-electron chi connectivity index (χ3n) is 3.37. The van der Waals surface area contributed by atoms with E-state index in [1.807, 2.05) is 49.5 Å². The van der Waals surface area contributed by atoms with Crippen molar-refractivity contribution in [2.75, 3.05) is 5.43 Å². The molecular weight excluding hydrogens is 248 g/mol. The van der Waals surface area contributed by atoms with Gasteiger partial charge in [-0.25, -0.2) is 0 Å². The third-order valence-corrected chi connectivity index (χ3v) is 3.37. The van der Waals surface area contributed by atoms with Crippen LogP contribution in [-0.4, -0.2) is 5.91 Å². The van der Waals surface area contributed by atoms with Crippen LogP contribution in [0.1, 0.15) is 16.1 Å². The number of aromatic nitrogens is 1. The fourth-order valence-corrected chi connectivity index (χ4v) is 2.25. The molecule has 1 heterocycles. The van der Waals surface area contributed by atoms with Gasteiger partial charge >= 0.3 is 5.91 Å². The molecule has 2 aromatic carbocycles. The van der Waals surface area contributed by atoms with Gasteiger partial charge in [-0.2, -0.15) is 0 Å². The maximum Gasteiger partial charge on any atom is 0.305 e. The maximum atomic E-state index is 12.2. The van der Waals surface area contributed by atoms with Gasteiger partial charge in [0.25, 0.3) is 0 Å². The lowest BCUT2D eigenvalue weighted by Gasteiger charge is -2.04. The summed E-state index contributed by atoms with van der Waals surface area (Å²) in [6.07, 6.45) is 1.87. The highest BCUT2D eigenvalue weighted by atomic mass is 16.2. The zero-order chi connectivity index (χ0) is 13.9. The normalized spacial score (nSPS) is 10.4. The van der Waals surface area contributed by atoms with Crippen LogP contribution in [0.5, 0.6) is 0 Å². The van der Waals surface area contributed by atoms with Crippen LogP contribution in [0.25, 0.3) is 10.8 Å². The molecule has 0 aliphatic carbocycles. The number of hydrogen-bond donors (Lipinski definition) is 1. The van der Waals surface area contributed by atoms with E-state index in [0.717, 1.165) is 16.5 Å². The van der Waals surface area contributed by atoms with Crippen molar-refractivity contribution in [2.45, 2.75) is 6.92 Å². The average Bonchev–Trinajstić information content (AvgIpc) is 2.51. The van der Waals surface area contributed by atoms with Crippen molar-refractivity contribution in [3.05, 3.63) is 78.1 Å². The van der Waals surface area contributed by atoms with E-state index in [-0.39, 0.29) is 5.91 Å². The zero-order valence-corrected chi connectivity index (χ0v) is 11.2. The molecule has 3 nitrogen and oxygen atoms in total. The summed E-state index contributed by atoms with van der Waals surface area (Å²) in [5, 5.41) is 2.29. The molecule has 0 atom stereocenters. The van der Waals surface area contributed by atoms with Crippen LogP contribution in [0.15, 0.2) is 66.9 Å². The van der Waals surface area contributed by atoms with Crippen molar-refractivity contribution in [1.29, 1.82) is 0 Å². The second-order valence-electron chi connectivity index (χ2n) is 4.67. The van der Waals surface area contributed by atoms with Crippen LogP contribution >= 0.6 is 0 Å². The molecule has 0 saturated heterocycles. The van der Waals surface area contributed by atoms with Gasteiger partial charge < -0.3 is 0 Å². The molecule has 3 rings (SSSR count). The molecule has 0 unspecified atom stereocenters. The Morgan fingerprint density at radius 3 is 2.45 bits per heavy atom. The first-order valence-corrected chi connectivity index (χ1v) is 6.52. The molecule has 0 saturated carbocycles. The number of benzene rings is 2. The van der Waals surface area contributed by atoms with E-state index in [2.05, 4.69) is 17.6 Å². The maximum absolute atomic E-state index is 12.2. The third kappa shape index (κ3) is 2.26.